The molecular formula is C31H39FN6O3. The molecule has 7 rings (SSSR count). The molecule has 10 heteroatoms. The van der Waals surface area contributed by atoms with Crippen LogP contribution in [-0.4, -0.2) is 70.6 Å². The van der Waals surface area contributed by atoms with E-state index in [1.165, 1.54) is 0 Å². The van der Waals surface area contributed by atoms with Gasteiger partial charge in [0.1, 0.15) is 30.3 Å². The lowest BCUT2D eigenvalue weighted by Crippen LogP contribution is -2.50. The minimum absolute atomic E-state index is 0.119. The van der Waals surface area contributed by atoms with E-state index in [4.69, 9.17) is 25.2 Å². The molecule has 2 aromatic rings. The lowest BCUT2D eigenvalue weighted by Gasteiger charge is -2.47. The number of aliphatic hydroxyl groups is 1. The highest BCUT2D eigenvalue weighted by Crippen LogP contribution is 2.51. The van der Waals surface area contributed by atoms with E-state index in [0.29, 0.717) is 62.2 Å². The summed E-state index contributed by atoms with van der Waals surface area (Å²) in [5.74, 6) is 1.10. The number of nitrogens with zero attached hydrogens (tertiary/aromatic N) is 5. The zero-order chi connectivity index (χ0) is 28.4. The first-order valence-corrected chi connectivity index (χ1v) is 15.1. The van der Waals surface area contributed by atoms with E-state index in [2.05, 4.69) is 22.8 Å². The molecule has 0 radical (unpaired) electrons. The van der Waals surface area contributed by atoms with Crippen molar-refractivity contribution < 1.29 is 19.0 Å². The summed E-state index contributed by atoms with van der Waals surface area (Å²) in [6.07, 6.45) is 5.48. The molecule has 0 amide bonds. The van der Waals surface area contributed by atoms with Crippen molar-refractivity contribution in [3.05, 3.63) is 40.1 Å². The predicted molar refractivity (Wildman–Crippen MR) is 151 cm³/mol. The monoisotopic (exact) mass is 562 g/mol. The van der Waals surface area contributed by atoms with Crippen molar-refractivity contribution in [3.8, 4) is 12.1 Å². The highest BCUT2D eigenvalue weighted by atomic mass is 19.1. The molecule has 218 valence electrons. The van der Waals surface area contributed by atoms with Gasteiger partial charge < -0.3 is 25.2 Å². The number of aromatic nitrogens is 2. The van der Waals surface area contributed by atoms with Crippen molar-refractivity contribution in [1.29, 1.82) is 5.26 Å². The van der Waals surface area contributed by atoms with Crippen LogP contribution in [0.2, 0.25) is 0 Å². The summed E-state index contributed by atoms with van der Waals surface area (Å²) >= 11 is 0. The first-order chi connectivity index (χ1) is 19.9. The van der Waals surface area contributed by atoms with E-state index >= 15 is 0 Å². The number of hydrogen-bond donors (Lipinski definition) is 2. The Balaban J connectivity index is 1.27. The molecule has 5 atom stereocenters. The lowest BCUT2D eigenvalue weighted by atomic mass is 9.69. The quantitative estimate of drug-likeness (QED) is 0.508. The van der Waals surface area contributed by atoms with Gasteiger partial charge >= 0.3 is 6.01 Å². The number of ether oxygens (including phenoxy) is 2. The van der Waals surface area contributed by atoms with E-state index in [9.17, 15) is 14.8 Å². The minimum Gasteiger partial charge on any atom is -0.461 e. The average molecular weight is 563 g/mol. The number of fused-ring (bicyclic) bond motifs is 4. The van der Waals surface area contributed by atoms with Crippen LogP contribution in [0, 0.1) is 11.3 Å². The van der Waals surface area contributed by atoms with Gasteiger partial charge in [-0.3, -0.25) is 4.90 Å². The predicted octanol–water partition coefficient (Wildman–Crippen LogP) is 3.71. The zero-order valence-corrected chi connectivity index (χ0v) is 23.7. The third kappa shape index (κ3) is 4.27. The molecule has 3 fully saturated rings. The van der Waals surface area contributed by atoms with Crippen molar-refractivity contribution in [1.82, 2.24) is 14.9 Å². The van der Waals surface area contributed by atoms with Crippen molar-refractivity contribution in [3.63, 3.8) is 0 Å². The summed E-state index contributed by atoms with van der Waals surface area (Å²) in [5.41, 5.74) is 10.1. The number of alkyl halides is 1. The Hall–Kier alpha value is -3.00. The van der Waals surface area contributed by atoms with Crippen LogP contribution < -0.4 is 15.4 Å². The number of nitrogen functional groups attached to an aromatic ring is 1. The second-order valence-electron chi connectivity index (χ2n) is 12.8. The topological polar surface area (TPSA) is 121 Å². The molecule has 1 spiro atoms. The van der Waals surface area contributed by atoms with Crippen LogP contribution in [0.3, 0.4) is 0 Å². The molecule has 0 saturated carbocycles. The molecule has 1 aromatic heterocycles. The van der Waals surface area contributed by atoms with Gasteiger partial charge in [0.05, 0.1) is 23.4 Å². The Morgan fingerprint density at radius 2 is 2.15 bits per heavy atom. The number of benzene rings is 1. The Morgan fingerprint density at radius 3 is 2.93 bits per heavy atom. The normalized spacial score (nSPS) is 32.2. The molecule has 3 N–H and O–H groups in total. The Bertz CT molecular complexity index is 1400. The maximum absolute atomic E-state index is 14.4. The van der Waals surface area contributed by atoms with Crippen molar-refractivity contribution in [2.75, 3.05) is 43.5 Å². The van der Waals surface area contributed by atoms with E-state index in [1.54, 1.807) is 0 Å². The SMILES string of the molecule is CC1CCC2(Cc3nc(OCC45CCCN4CC(F)C5)nc(N4CCC4CCO)c3CO2)c2c1ccc(N)c2C#N. The minimum atomic E-state index is -0.827. The largest absolute Gasteiger partial charge is 0.461 e. The molecule has 3 saturated heterocycles. The number of anilines is 2. The van der Waals surface area contributed by atoms with Gasteiger partial charge in [0, 0.05) is 55.4 Å². The number of nitrogens with two attached hydrogens (primary N) is 1. The fourth-order valence-corrected chi connectivity index (χ4v) is 8.15. The van der Waals surface area contributed by atoms with Crippen LogP contribution in [0.1, 0.15) is 85.7 Å². The van der Waals surface area contributed by atoms with Gasteiger partial charge in [-0.25, -0.2) is 4.39 Å². The fraction of sp³-hybridized carbons (Fsp3) is 0.645. The smallest absolute Gasteiger partial charge is 0.318 e. The van der Waals surface area contributed by atoms with E-state index < -0.39 is 11.8 Å². The van der Waals surface area contributed by atoms with Gasteiger partial charge in [0.15, 0.2) is 0 Å². The number of aliphatic hydroxyl groups excluding tert-OH is 1. The highest BCUT2D eigenvalue weighted by molar-refractivity contribution is 5.64. The molecule has 41 heavy (non-hydrogen) atoms. The molecule has 0 bridgehead atoms. The van der Waals surface area contributed by atoms with Crippen LogP contribution in [0.4, 0.5) is 15.9 Å². The number of nitriles is 1. The average Bonchev–Trinajstić information content (AvgIpc) is 3.47. The van der Waals surface area contributed by atoms with Crippen LogP contribution in [0.15, 0.2) is 12.1 Å². The van der Waals surface area contributed by atoms with Gasteiger partial charge in [-0.15, -0.1) is 0 Å². The number of halogens is 1. The third-order valence-corrected chi connectivity index (χ3v) is 10.5. The molecular weight excluding hydrogens is 523 g/mol. The van der Waals surface area contributed by atoms with Crippen LogP contribution in [0.5, 0.6) is 6.01 Å². The van der Waals surface area contributed by atoms with Gasteiger partial charge in [0.2, 0.25) is 0 Å². The molecule has 4 aliphatic heterocycles. The maximum Gasteiger partial charge on any atom is 0.318 e. The van der Waals surface area contributed by atoms with Crippen molar-refractivity contribution in [2.24, 2.45) is 0 Å². The van der Waals surface area contributed by atoms with Crippen LogP contribution >= 0.6 is 0 Å². The first-order valence-electron chi connectivity index (χ1n) is 15.1. The van der Waals surface area contributed by atoms with Crippen LogP contribution in [0.25, 0.3) is 0 Å². The molecule has 1 aromatic carbocycles. The number of rotatable bonds is 6. The van der Waals surface area contributed by atoms with Gasteiger partial charge in [0.25, 0.3) is 0 Å². The number of hydrogen-bond acceptors (Lipinski definition) is 9. The Labute approximate surface area is 240 Å². The molecule has 1 aliphatic carbocycles. The van der Waals surface area contributed by atoms with Gasteiger partial charge in [-0.1, -0.05) is 13.0 Å². The van der Waals surface area contributed by atoms with Crippen LogP contribution in [-0.2, 0) is 23.4 Å². The lowest BCUT2D eigenvalue weighted by molar-refractivity contribution is -0.0874. The van der Waals surface area contributed by atoms with Gasteiger partial charge in [-0.05, 0) is 62.6 Å². The molecule has 5 heterocycles. The summed E-state index contributed by atoms with van der Waals surface area (Å²) in [6.45, 7) is 5.21. The standard InChI is InChI=1S/C31H39FN6O3/c1-19-5-9-31(27-22(19)3-4-25(34)23(27)15-33)14-26-24(17-41-31)28(38-11-6-21(38)7-12-39)36-29(35-26)40-18-30-8-2-10-37(30)16-20(32)13-30/h3-4,19-21,39H,2,5-14,16-18,34H2,1H3. The summed E-state index contributed by atoms with van der Waals surface area (Å²) in [7, 11) is 0. The van der Waals surface area contributed by atoms with Gasteiger partial charge in [-0.2, -0.15) is 15.2 Å². The summed E-state index contributed by atoms with van der Waals surface area (Å²) in [5, 5.41) is 19.8. The van der Waals surface area contributed by atoms with E-state index in [-0.39, 0.29) is 18.2 Å². The molecule has 5 unspecified atom stereocenters. The third-order valence-electron chi connectivity index (χ3n) is 10.5. The second-order valence-corrected chi connectivity index (χ2v) is 12.8. The summed E-state index contributed by atoms with van der Waals surface area (Å²) < 4.78 is 27.5. The van der Waals surface area contributed by atoms with Crippen molar-refractivity contribution in [2.45, 2.75) is 94.2 Å². The first kappa shape index (κ1) is 26.9. The van der Waals surface area contributed by atoms with E-state index in [1.807, 2.05) is 12.1 Å². The highest BCUT2D eigenvalue weighted by Gasteiger charge is 2.50. The Morgan fingerprint density at radius 1 is 1.27 bits per heavy atom. The van der Waals surface area contributed by atoms with E-state index in [0.717, 1.165) is 73.4 Å². The van der Waals surface area contributed by atoms with Crippen molar-refractivity contribution >= 4 is 11.5 Å². The molecule has 9 nitrogen and oxygen atoms in total. The summed E-state index contributed by atoms with van der Waals surface area (Å²) in [4.78, 5) is 14.4. The summed E-state index contributed by atoms with van der Waals surface area (Å²) in [6, 6.07) is 6.75. The fourth-order valence-electron chi connectivity index (χ4n) is 8.15. The Kier molecular flexibility index (Phi) is 6.60. The zero-order valence-electron chi connectivity index (χ0n) is 23.7. The maximum atomic E-state index is 14.4. The molecule has 5 aliphatic rings. The second kappa shape index (κ2) is 10.1.